The normalized spacial score (nSPS) is 10.9. The summed E-state index contributed by atoms with van der Waals surface area (Å²) in [5.41, 5.74) is 0.958. The largest absolute Gasteiger partial charge is 0.482 e. The Morgan fingerprint density at radius 2 is 1.79 bits per heavy atom. The number of hydrogen-bond donors (Lipinski definition) is 0. The van der Waals surface area contributed by atoms with Crippen LogP contribution in [0.25, 0.3) is 11.6 Å². The van der Waals surface area contributed by atoms with Crippen molar-refractivity contribution in [1.82, 2.24) is 0 Å². The molecule has 0 bridgehead atoms. The molecule has 0 fully saturated rings. The molecular weight excluding hydrogens is 393 g/mol. The average Bonchev–Trinajstić information content (AvgIpc) is 2.72. The van der Waals surface area contributed by atoms with Crippen LogP contribution in [0.5, 0.6) is 11.5 Å². The first-order valence-electron chi connectivity index (χ1n) is 8.61. The lowest BCUT2D eigenvalue weighted by Gasteiger charge is -2.08. The Hall–Kier alpha value is -3.62. The molecule has 3 aromatic rings. The molecule has 0 saturated heterocycles. The van der Waals surface area contributed by atoms with Crippen molar-refractivity contribution in [3.63, 3.8) is 0 Å². The van der Waals surface area contributed by atoms with E-state index in [-0.39, 0.29) is 23.5 Å². The summed E-state index contributed by atoms with van der Waals surface area (Å²) in [7, 11) is 0. The fourth-order valence-corrected chi connectivity index (χ4v) is 2.64. The van der Waals surface area contributed by atoms with Crippen molar-refractivity contribution in [1.29, 1.82) is 5.26 Å². The van der Waals surface area contributed by atoms with E-state index in [0.29, 0.717) is 16.3 Å². The van der Waals surface area contributed by atoms with Crippen molar-refractivity contribution in [2.45, 2.75) is 0 Å². The van der Waals surface area contributed by atoms with Crippen LogP contribution in [-0.2, 0) is 4.79 Å². The van der Waals surface area contributed by atoms with E-state index >= 15 is 0 Å². The Balaban J connectivity index is 1.69. The number of halogens is 2. The molecule has 0 atom stereocenters. The molecule has 0 spiro atoms. The lowest BCUT2D eigenvalue weighted by Crippen LogP contribution is -2.17. The van der Waals surface area contributed by atoms with Crippen LogP contribution in [0, 0.1) is 17.1 Å². The van der Waals surface area contributed by atoms with Crippen LogP contribution in [0.2, 0.25) is 5.02 Å². The van der Waals surface area contributed by atoms with E-state index < -0.39 is 11.8 Å². The van der Waals surface area contributed by atoms with Gasteiger partial charge in [-0.25, -0.2) is 9.18 Å². The second-order valence-electron chi connectivity index (χ2n) is 5.94. The smallest absolute Gasteiger partial charge is 0.349 e. The van der Waals surface area contributed by atoms with Gasteiger partial charge in [0.05, 0.1) is 11.6 Å². The van der Waals surface area contributed by atoms with Gasteiger partial charge in [-0.15, -0.1) is 0 Å². The van der Waals surface area contributed by atoms with Crippen molar-refractivity contribution in [2.24, 2.45) is 0 Å². The first-order chi connectivity index (χ1) is 14.0. The van der Waals surface area contributed by atoms with Gasteiger partial charge in [0.1, 0.15) is 17.3 Å². The molecule has 3 rings (SSSR count). The Bertz CT molecular complexity index is 1090. The summed E-state index contributed by atoms with van der Waals surface area (Å²) in [6.07, 6.45) is 1.53. The van der Waals surface area contributed by atoms with Crippen molar-refractivity contribution in [2.75, 3.05) is 6.61 Å². The Kier molecular flexibility index (Phi) is 6.62. The number of allylic oxidation sites excluding steroid dienone is 1. The molecule has 0 aliphatic heterocycles. The maximum absolute atomic E-state index is 13.9. The highest BCUT2D eigenvalue weighted by Crippen LogP contribution is 2.23. The third-order valence-electron chi connectivity index (χ3n) is 3.86. The molecule has 3 aromatic carbocycles. The second kappa shape index (κ2) is 9.54. The molecule has 29 heavy (non-hydrogen) atoms. The van der Waals surface area contributed by atoms with Gasteiger partial charge in [-0.3, -0.25) is 0 Å². The molecular formula is C23H15ClFNO3. The summed E-state index contributed by atoms with van der Waals surface area (Å²) < 4.78 is 24.6. The quantitative estimate of drug-likeness (QED) is 0.233. The van der Waals surface area contributed by atoms with Gasteiger partial charge in [0.25, 0.3) is 0 Å². The number of esters is 1. The maximum atomic E-state index is 13.9. The molecule has 0 heterocycles. The number of ether oxygens (including phenoxy) is 2. The fourth-order valence-electron chi connectivity index (χ4n) is 2.52. The van der Waals surface area contributed by atoms with Crippen LogP contribution in [0.3, 0.4) is 0 Å². The minimum absolute atomic E-state index is 0.164. The molecule has 6 heteroatoms. The molecule has 0 aliphatic carbocycles. The van der Waals surface area contributed by atoms with Crippen LogP contribution >= 0.6 is 11.6 Å². The van der Waals surface area contributed by atoms with E-state index in [4.69, 9.17) is 21.1 Å². The predicted octanol–water partition coefficient (Wildman–Crippen LogP) is 5.53. The van der Waals surface area contributed by atoms with Gasteiger partial charge >= 0.3 is 5.97 Å². The number of rotatable bonds is 6. The minimum atomic E-state index is -0.587. The zero-order valence-corrected chi connectivity index (χ0v) is 15.9. The molecule has 4 nitrogen and oxygen atoms in total. The Labute approximate surface area is 172 Å². The number of carbonyl (C=O) groups is 1. The zero-order chi connectivity index (χ0) is 20.6. The summed E-state index contributed by atoms with van der Waals surface area (Å²) >= 11 is 5.80. The van der Waals surface area contributed by atoms with Gasteiger partial charge in [0.15, 0.2) is 6.61 Å². The fraction of sp³-hybridized carbons (Fsp3) is 0.0435. The number of nitriles is 1. The predicted molar refractivity (Wildman–Crippen MR) is 109 cm³/mol. The third kappa shape index (κ3) is 5.68. The van der Waals surface area contributed by atoms with Gasteiger partial charge in [0.2, 0.25) is 0 Å². The Morgan fingerprint density at radius 3 is 2.52 bits per heavy atom. The van der Waals surface area contributed by atoms with Gasteiger partial charge < -0.3 is 9.47 Å². The molecule has 0 radical (unpaired) electrons. The van der Waals surface area contributed by atoms with Crippen LogP contribution in [0.1, 0.15) is 11.1 Å². The summed E-state index contributed by atoms with van der Waals surface area (Å²) in [5.74, 6) is -0.293. The lowest BCUT2D eigenvalue weighted by atomic mass is 10.0. The standard InChI is InChI=1S/C23H15ClFNO3/c24-18-8-10-19(11-9-18)28-15-23(27)29-20-5-3-4-16(13-20)12-17(14-26)21-6-1-2-7-22(21)25/h1-13H,15H2/b17-12-. The van der Waals surface area contributed by atoms with Gasteiger partial charge in [-0.1, -0.05) is 41.9 Å². The molecule has 0 saturated carbocycles. The van der Waals surface area contributed by atoms with Crippen molar-refractivity contribution < 1.29 is 18.7 Å². The molecule has 144 valence electrons. The monoisotopic (exact) mass is 407 g/mol. The van der Waals surface area contributed by atoms with Crippen molar-refractivity contribution >= 4 is 29.2 Å². The molecule has 0 unspecified atom stereocenters. The van der Waals surface area contributed by atoms with E-state index in [0.717, 1.165) is 0 Å². The highest BCUT2D eigenvalue weighted by Gasteiger charge is 2.09. The van der Waals surface area contributed by atoms with E-state index in [1.54, 1.807) is 60.7 Å². The van der Waals surface area contributed by atoms with E-state index in [9.17, 15) is 14.4 Å². The van der Waals surface area contributed by atoms with Gasteiger partial charge in [0, 0.05) is 10.6 Å². The zero-order valence-electron chi connectivity index (χ0n) is 15.1. The van der Waals surface area contributed by atoms with Gasteiger partial charge in [-0.2, -0.15) is 5.26 Å². The lowest BCUT2D eigenvalue weighted by molar-refractivity contribution is -0.136. The first kappa shape index (κ1) is 20.1. The summed E-state index contributed by atoms with van der Waals surface area (Å²) in [6, 6.07) is 21.2. The van der Waals surface area contributed by atoms with Gasteiger partial charge in [-0.05, 0) is 54.1 Å². The first-order valence-corrected chi connectivity index (χ1v) is 8.99. The van der Waals surface area contributed by atoms with Crippen LogP contribution < -0.4 is 9.47 Å². The highest BCUT2D eigenvalue weighted by atomic mass is 35.5. The Morgan fingerprint density at radius 1 is 1.03 bits per heavy atom. The molecule has 0 aromatic heterocycles. The molecule has 0 aliphatic rings. The van der Waals surface area contributed by atoms with Crippen LogP contribution in [0.15, 0.2) is 72.8 Å². The van der Waals surface area contributed by atoms with E-state index in [1.165, 1.54) is 18.2 Å². The number of hydrogen-bond acceptors (Lipinski definition) is 4. The number of carbonyl (C=O) groups excluding carboxylic acids is 1. The summed E-state index contributed by atoms with van der Waals surface area (Å²) in [5, 5.41) is 9.95. The number of nitrogens with zero attached hydrogens (tertiary/aromatic N) is 1. The highest BCUT2D eigenvalue weighted by molar-refractivity contribution is 6.30. The SMILES string of the molecule is N#C/C(=C/c1cccc(OC(=O)COc2ccc(Cl)cc2)c1)c1ccccc1F. The van der Waals surface area contributed by atoms with E-state index in [1.807, 2.05) is 6.07 Å². The summed E-state index contributed by atoms with van der Waals surface area (Å²) in [6.45, 7) is -0.277. The third-order valence-corrected chi connectivity index (χ3v) is 4.11. The van der Waals surface area contributed by atoms with Crippen molar-refractivity contribution in [3.05, 3.63) is 94.8 Å². The second-order valence-corrected chi connectivity index (χ2v) is 6.38. The average molecular weight is 408 g/mol. The maximum Gasteiger partial charge on any atom is 0.349 e. The van der Waals surface area contributed by atoms with Crippen molar-refractivity contribution in [3.8, 4) is 17.6 Å². The number of benzene rings is 3. The van der Waals surface area contributed by atoms with E-state index in [2.05, 4.69) is 0 Å². The van der Waals surface area contributed by atoms with Crippen LogP contribution in [0.4, 0.5) is 4.39 Å². The molecule has 0 amide bonds. The topological polar surface area (TPSA) is 59.3 Å². The van der Waals surface area contributed by atoms with Crippen LogP contribution in [-0.4, -0.2) is 12.6 Å². The summed E-state index contributed by atoms with van der Waals surface area (Å²) in [4.78, 5) is 12.0. The molecule has 0 N–H and O–H groups in total. The minimum Gasteiger partial charge on any atom is -0.482 e.